The van der Waals surface area contributed by atoms with Crippen LogP contribution >= 0.6 is 0 Å². The van der Waals surface area contributed by atoms with Crippen LogP contribution in [0.15, 0.2) is 11.3 Å². The third-order valence-electron chi connectivity index (χ3n) is 11.8. The largest absolute Gasteiger partial charge is 0.494 e. The maximum atomic E-state index is 10.8. The van der Waals surface area contributed by atoms with E-state index in [1.807, 2.05) is 0 Å². The molecule has 1 aliphatic heterocycles. The van der Waals surface area contributed by atoms with E-state index < -0.39 is 0 Å². The van der Waals surface area contributed by atoms with Crippen LogP contribution in [0.3, 0.4) is 0 Å². The summed E-state index contributed by atoms with van der Waals surface area (Å²) in [4.78, 5) is 0. The Morgan fingerprint density at radius 3 is 2.61 bits per heavy atom. The highest BCUT2D eigenvalue weighted by Gasteiger charge is 2.64. The molecular weight excluding hydrogens is 380 g/mol. The standard InChI is InChI=1S/C29H48O2/c1-7-17(2)8-11-25-19(4)27-26(31-25)15-23-21-10-9-20-14-18(3)24(30)16-29(20,6)22(21)12-13-28(23,27)5/h17-18,20-24,26-27,30H,7-16H2,1-6H3. The van der Waals surface area contributed by atoms with Gasteiger partial charge in [0.05, 0.1) is 11.9 Å². The second-order valence-corrected chi connectivity index (χ2v) is 13.2. The van der Waals surface area contributed by atoms with E-state index in [0.29, 0.717) is 28.8 Å². The van der Waals surface area contributed by atoms with Crippen molar-refractivity contribution < 1.29 is 9.84 Å². The molecule has 4 fully saturated rings. The average Bonchev–Trinajstić information content (AvgIpc) is 3.21. The van der Waals surface area contributed by atoms with Gasteiger partial charge in [0.1, 0.15) is 6.10 Å². The molecule has 0 aromatic carbocycles. The van der Waals surface area contributed by atoms with Gasteiger partial charge in [-0.1, -0.05) is 41.0 Å². The number of hydrogen-bond acceptors (Lipinski definition) is 2. The predicted molar refractivity (Wildman–Crippen MR) is 127 cm³/mol. The highest BCUT2D eigenvalue weighted by atomic mass is 16.5. The van der Waals surface area contributed by atoms with Gasteiger partial charge in [-0.15, -0.1) is 0 Å². The second kappa shape index (κ2) is 7.78. The minimum absolute atomic E-state index is 0.0853. The van der Waals surface area contributed by atoms with Gasteiger partial charge in [0, 0.05) is 12.3 Å². The van der Waals surface area contributed by atoms with Crippen LogP contribution < -0.4 is 0 Å². The van der Waals surface area contributed by atoms with Crippen molar-refractivity contribution in [3.05, 3.63) is 11.3 Å². The first-order valence-corrected chi connectivity index (χ1v) is 13.7. The number of aliphatic hydroxyl groups excluding tert-OH is 1. The van der Waals surface area contributed by atoms with Crippen LogP contribution in [0.25, 0.3) is 0 Å². The van der Waals surface area contributed by atoms with E-state index in [-0.39, 0.29) is 6.10 Å². The van der Waals surface area contributed by atoms with Crippen LogP contribution in [-0.4, -0.2) is 17.3 Å². The van der Waals surface area contributed by atoms with Crippen LogP contribution in [-0.2, 0) is 4.74 Å². The fraction of sp³-hybridized carbons (Fsp3) is 0.931. The van der Waals surface area contributed by atoms with Gasteiger partial charge < -0.3 is 9.84 Å². The summed E-state index contributed by atoms with van der Waals surface area (Å²) in [5.41, 5.74) is 2.40. The lowest BCUT2D eigenvalue weighted by Crippen LogP contribution is -2.55. The highest BCUT2D eigenvalue weighted by molar-refractivity contribution is 5.26. The monoisotopic (exact) mass is 428 g/mol. The number of fused-ring (bicyclic) bond motifs is 7. The van der Waals surface area contributed by atoms with E-state index in [0.717, 1.165) is 42.4 Å². The number of ether oxygens (including phenoxy) is 1. The smallest absolute Gasteiger partial charge is 0.106 e. The number of hydrogen-bond donors (Lipinski definition) is 1. The predicted octanol–water partition coefficient (Wildman–Crippen LogP) is 7.36. The summed E-state index contributed by atoms with van der Waals surface area (Å²) < 4.78 is 6.73. The summed E-state index contributed by atoms with van der Waals surface area (Å²) in [6, 6.07) is 0. The Balaban J connectivity index is 1.37. The van der Waals surface area contributed by atoms with Gasteiger partial charge in [0.2, 0.25) is 0 Å². The average molecular weight is 429 g/mol. The van der Waals surface area contributed by atoms with E-state index >= 15 is 0 Å². The molecular formula is C29H48O2. The molecule has 1 heterocycles. The lowest BCUT2D eigenvalue weighted by Gasteiger charge is -2.61. The van der Waals surface area contributed by atoms with Crippen molar-refractivity contribution in [3.8, 4) is 0 Å². The number of allylic oxidation sites excluding steroid dienone is 1. The third-order valence-corrected chi connectivity index (χ3v) is 11.8. The first-order valence-electron chi connectivity index (χ1n) is 13.7. The van der Waals surface area contributed by atoms with E-state index in [4.69, 9.17) is 4.74 Å². The molecule has 0 aromatic rings. The molecule has 0 radical (unpaired) electrons. The molecule has 1 N–H and O–H groups in total. The van der Waals surface area contributed by atoms with Crippen molar-refractivity contribution in [2.45, 2.75) is 118 Å². The van der Waals surface area contributed by atoms with Crippen molar-refractivity contribution in [2.75, 3.05) is 0 Å². The second-order valence-electron chi connectivity index (χ2n) is 13.2. The zero-order valence-electron chi connectivity index (χ0n) is 21.1. The normalized spacial score (nSPS) is 52.1. The van der Waals surface area contributed by atoms with Gasteiger partial charge >= 0.3 is 0 Å². The van der Waals surface area contributed by atoms with Crippen LogP contribution in [0.5, 0.6) is 0 Å². The molecule has 4 saturated carbocycles. The molecule has 176 valence electrons. The quantitative estimate of drug-likeness (QED) is 0.507. The topological polar surface area (TPSA) is 29.5 Å². The molecule has 2 nitrogen and oxygen atoms in total. The minimum Gasteiger partial charge on any atom is -0.494 e. The summed E-state index contributed by atoms with van der Waals surface area (Å²) in [6.07, 6.45) is 13.2. The van der Waals surface area contributed by atoms with Gasteiger partial charge in [-0.05, 0) is 110 Å². The zero-order chi connectivity index (χ0) is 22.1. The van der Waals surface area contributed by atoms with Crippen LogP contribution in [0.1, 0.15) is 106 Å². The van der Waals surface area contributed by atoms with E-state index in [2.05, 4.69) is 41.5 Å². The molecule has 4 aliphatic carbocycles. The van der Waals surface area contributed by atoms with Gasteiger partial charge in [-0.2, -0.15) is 0 Å². The van der Waals surface area contributed by atoms with Crippen molar-refractivity contribution in [3.63, 3.8) is 0 Å². The Morgan fingerprint density at radius 1 is 1.10 bits per heavy atom. The van der Waals surface area contributed by atoms with Gasteiger partial charge in [-0.3, -0.25) is 0 Å². The summed E-state index contributed by atoms with van der Waals surface area (Å²) >= 11 is 0. The summed E-state index contributed by atoms with van der Waals surface area (Å²) in [5, 5.41) is 10.8. The summed E-state index contributed by atoms with van der Waals surface area (Å²) in [6.45, 7) is 14.6. The third kappa shape index (κ3) is 3.28. The first kappa shape index (κ1) is 22.3. The Bertz CT molecular complexity index is 726. The van der Waals surface area contributed by atoms with Crippen molar-refractivity contribution in [1.29, 1.82) is 0 Å². The molecule has 0 spiro atoms. The van der Waals surface area contributed by atoms with Crippen LogP contribution in [0, 0.1) is 52.3 Å². The van der Waals surface area contributed by atoms with Gasteiger partial charge in [0.25, 0.3) is 0 Å². The molecule has 0 bridgehead atoms. The van der Waals surface area contributed by atoms with Crippen LogP contribution in [0.4, 0.5) is 0 Å². The maximum absolute atomic E-state index is 10.8. The van der Waals surface area contributed by atoms with Gasteiger partial charge in [-0.25, -0.2) is 0 Å². The molecule has 5 rings (SSSR count). The molecule has 31 heavy (non-hydrogen) atoms. The molecule has 11 unspecified atom stereocenters. The van der Waals surface area contributed by atoms with E-state index in [1.54, 1.807) is 5.57 Å². The van der Waals surface area contributed by atoms with Crippen molar-refractivity contribution in [1.82, 2.24) is 0 Å². The molecule has 11 atom stereocenters. The Labute approximate surface area is 191 Å². The Kier molecular flexibility index (Phi) is 5.60. The zero-order valence-corrected chi connectivity index (χ0v) is 21.1. The fourth-order valence-electron chi connectivity index (χ4n) is 9.66. The fourth-order valence-corrected chi connectivity index (χ4v) is 9.66. The first-order chi connectivity index (χ1) is 14.7. The van der Waals surface area contributed by atoms with Crippen molar-refractivity contribution in [2.24, 2.45) is 52.3 Å². The van der Waals surface area contributed by atoms with E-state index in [9.17, 15) is 5.11 Å². The van der Waals surface area contributed by atoms with Crippen molar-refractivity contribution >= 4 is 0 Å². The SMILES string of the molecule is CCC(C)CCC1=C(C)C2C(CC3C4CCC5CC(C)C(O)CC5(C)C4CCC32C)O1. The summed E-state index contributed by atoms with van der Waals surface area (Å²) in [7, 11) is 0. The van der Waals surface area contributed by atoms with E-state index in [1.165, 1.54) is 57.1 Å². The molecule has 0 saturated heterocycles. The highest BCUT2D eigenvalue weighted by Crippen LogP contribution is 2.70. The molecule has 0 aromatic heterocycles. The Hall–Kier alpha value is -0.500. The number of aliphatic hydroxyl groups is 1. The minimum atomic E-state index is -0.0853. The lowest BCUT2D eigenvalue weighted by molar-refractivity contribution is -0.141. The molecule has 0 amide bonds. The number of rotatable bonds is 4. The van der Waals surface area contributed by atoms with Gasteiger partial charge in [0.15, 0.2) is 0 Å². The van der Waals surface area contributed by atoms with Crippen LogP contribution in [0.2, 0.25) is 0 Å². The molecule has 5 aliphatic rings. The lowest BCUT2D eigenvalue weighted by atomic mass is 9.44. The summed E-state index contributed by atoms with van der Waals surface area (Å²) in [5.74, 6) is 6.64. The maximum Gasteiger partial charge on any atom is 0.106 e. The molecule has 2 heteroatoms. The Morgan fingerprint density at radius 2 is 1.87 bits per heavy atom.